The van der Waals surface area contributed by atoms with E-state index in [-0.39, 0.29) is 6.42 Å². The number of fused-ring (bicyclic) bond motifs is 1. The molecular formula is C15H20O4. The van der Waals surface area contributed by atoms with E-state index in [9.17, 15) is 15.0 Å². The number of aliphatic carboxylic acids is 1. The normalized spacial score (nSPS) is 25.0. The van der Waals surface area contributed by atoms with Gasteiger partial charge >= 0.3 is 5.97 Å². The van der Waals surface area contributed by atoms with Crippen molar-refractivity contribution in [3.8, 4) is 5.75 Å². The molecule has 1 aromatic carbocycles. The van der Waals surface area contributed by atoms with Crippen LogP contribution in [0, 0.1) is 0 Å². The molecular weight excluding hydrogens is 244 g/mol. The van der Waals surface area contributed by atoms with Crippen molar-refractivity contribution in [1.29, 1.82) is 0 Å². The van der Waals surface area contributed by atoms with Gasteiger partial charge in [0, 0.05) is 12.0 Å². The number of ether oxygens (including phenoxy) is 1. The zero-order valence-electron chi connectivity index (χ0n) is 11.3. The molecule has 1 heterocycles. The van der Waals surface area contributed by atoms with Gasteiger partial charge in [0.25, 0.3) is 0 Å². The van der Waals surface area contributed by atoms with Gasteiger partial charge < -0.3 is 14.9 Å². The number of hydrogen-bond acceptors (Lipinski definition) is 3. The SMILES string of the molecule is CCC(C)(O)CC1(C(=O)O)CCOc2ccccc21. The number of aliphatic hydroxyl groups is 1. The molecule has 104 valence electrons. The second kappa shape index (κ2) is 4.85. The Hall–Kier alpha value is -1.55. The Balaban J connectivity index is 2.50. The monoisotopic (exact) mass is 264 g/mol. The molecule has 0 amide bonds. The van der Waals surface area contributed by atoms with Gasteiger partial charge in [-0.2, -0.15) is 0 Å². The van der Waals surface area contributed by atoms with Crippen LogP contribution in [-0.2, 0) is 10.2 Å². The molecule has 0 saturated carbocycles. The maximum Gasteiger partial charge on any atom is 0.314 e. The Labute approximate surface area is 113 Å². The Morgan fingerprint density at radius 1 is 1.47 bits per heavy atom. The maximum atomic E-state index is 11.9. The molecule has 1 aliphatic heterocycles. The number of hydrogen-bond donors (Lipinski definition) is 2. The quantitative estimate of drug-likeness (QED) is 0.876. The summed E-state index contributed by atoms with van der Waals surface area (Å²) in [5, 5.41) is 20.0. The number of carbonyl (C=O) groups is 1. The van der Waals surface area contributed by atoms with Crippen molar-refractivity contribution >= 4 is 5.97 Å². The lowest BCUT2D eigenvalue weighted by Crippen LogP contribution is -2.46. The highest BCUT2D eigenvalue weighted by Crippen LogP contribution is 2.44. The molecule has 0 spiro atoms. The van der Waals surface area contributed by atoms with E-state index in [1.807, 2.05) is 19.1 Å². The van der Waals surface area contributed by atoms with Gasteiger partial charge in [-0.1, -0.05) is 25.1 Å². The standard InChI is InChI=1S/C15H20O4/c1-3-14(2,18)10-15(13(16)17)8-9-19-12-7-5-4-6-11(12)15/h4-7,18H,3,8-10H2,1-2H3,(H,16,17). The predicted octanol–water partition coefficient (Wildman–Crippen LogP) is 2.34. The number of rotatable bonds is 4. The summed E-state index contributed by atoms with van der Waals surface area (Å²) in [7, 11) is 0. The lowest BCUT2D eigenvalue weighted by molar-refractivity contribution is -0.148. The summed E-state index contributed by atoms with van der Waals surface area (Å²) in [6, 6.07) is 7.21. The van der Waals surface area contributed by atoms with Crippen LogP contribution in [0.1, 0.15) is 38.7 Å². The van der Waals surface area contributed by atoms with Crippen LogP contribution in [0.4, 0.5) is 0 Å². The minimum atomic E-state index is -1.06. The molecule has 2 unspecified atom stereocenters. The average molecular weight is 264 g/mol. The number of para-hydroxylation sites is 1. The molecule has 1 aliphatic rings. The predicted molar refractivity (Wildman–Crippen MR) is 71.4 cm³/mol. The first-order valence-corrected chi connectivity index (χ1v) is 6.59. The summed E-state index contributed by atoms with van der Waals surface area (Å²) in [6.07, 6.45) is 1.10. The van der Waals surface area contributed by atoms with E-state index in [4.69, 9.17) is 4.74 Å². The first-order valence-electron chi connectivity index (χ1n) is 6.59. The van der Waals surface area contributed by atoms with Gasteiger partial charge in [0.15, 0.2) is 0 Å². The highest BCUT2D eigenvalue weighted by Gasteiger charge is 2.48. The molecule has 0 aliphatic carbocycles. The van der Waals surface area contributed by atoms with E-state index >= 15 is 0 Å². The fraction of sp³-hybridized carbons (Fsp3) is 0.533. The third kappa shape index (κ3) is 2.45. The van der Waals surface area contributed by atoms with Gasteiger partial charge in [-0.15, -0.1) is 0 Å². The van der Waals surface area contributed by atoms with Crippen molar-refractivity contribution in [2.45, 2.75) is 44.1 Å². The van der Waals surface area contributed by atoms with Crippen LogP contribution < -0.4 is 4.74 Å². The van der Waals surface area contributed by atoms with Gasteiger partial charge in [0.1, 0.15) is 11.2 Å². The fourth-order valence-electron chi connectivity index (χ4n) is 2.71. The Morgan fingerprint density at radius 2 is 2.16 bits per heavy atom. The van der Waals surface area contributed by atoms with E-state index in [0.29, 0.717) is 30.8 Å². The van der Waals surface area contributed by atoms with Gasteiger partial charge in [0.2, 0.25) is 0 Å². The van der Waals surface area contributed by atoms with Crippen molar-refractivity contribution < 1.29 is 19.7 Å². The summed E-state index contributed by atoms with van der Waals surface area (Å²) < 4.78 is 5.53. The first kappa shape index (κ1) is 13.9. The molecule has 0 bridgehead atoms. The second-order valence-corrected chi connectivity index (χ2v) is 5.51. The summed E-state index contributed by atoms with van der Waals surface area (Å²) >= 11 is 0. The summed E-state index contributed by atoms with van der Waals surface area (Å²) in [4.78, 5) is 11.9. The van der Waals surface area contributed by atoms with E-state index in [0.717, 1.165) is 0 Å². The van der Waals surface area contributed by atoms with Gasteiger partial charge in [-0.05, 0) is 25.8 Å². The molecule has 1 aromatic rings. The molecule has 19 heavy (non-hydrogen) atoms. The minimum absolute atomic E-state index is 0.201. The van der Waals surface area contributed by atoms with E-state index < -0.39 is 17.0 Å². The summed E-state index contributed by atoms with van der Waals surface area (Å²) in [5.41, 5.74) is -1.39. The van der Waals surface area contributed by atoms with Crippen LogP contribution in [0.3, 0.4) is 0 Å². The molecule has 2 rings (SSSR count). The van der Waals surface area contributed by atoms with Crippen LogP contribution in [-0.4, -0.2) is 28.4 Å². The summed E-state index contributed by atoms with van der Waals surface area (Å²) in [6.45, 7) is 3.92. The zero-order chi connectivity index (χ0) is 14.1. The number of carboxylic acid groups (broad SMARTS) is 1. The van der Waals surface area contributed by atoms with Crippen LogP contribution >= 0.6 is 0 Å². The molecule has 2 atom stereocenters. The lowest BCUT2D eigenvalue weighted by atomic mass is 9.69. The molecule has 4 heteroatoms. The molecule has 0 fully saturated rings. The van der Waals surface area contributed by atoms with E-state index in [2.05, 4.69) is 0 Å². The van der Waals surface area contributed by atoms with Crippen molar-refractivity contribution in [1.82, 2.24) is 0 Å². The third-order valence-corrected chi connectivity index (χ3v) is 4.04. The second-order valence-electron chi connectivity index (χ2n) is 5.51. The molecule has 2 N–H and O–H groups in total. The number of benzene rings is 1. The lowest BCUT2D eigenvalue weighted by Gasteiger charge is -2.39. The van der Waals surface area contributed by atoms with Gasteiger partial charge in [0.05, 0.1) is 12.2 Å². The third-order valence-electron chi connectivity index (χ3n) is 4.04. The smallest absolute Gasteiger partial charge is 0.314 e. The Kier molecular flexibility index (Phi) is 3.54. The van der Waals surface area contributed by atoms with Crippen molar-refractivity contribution in [3.63, 3.8) is 0 Å². The Bertz CT molecular complexity index is 481. The minimum Gasteiger partial charge on any atom is -0.493 e. The molecule has 4 nitrogen and oxygen atoms in total. The maximum absolute atomic E-state index is 11.9. The first-order chi connectivity index (χ1) is 8.91. The highest BCUT2D eigenvalue weighted by atomic mass is 16.5. The fourth-order valence-corrected chi connectivity index (χ4v) is 2.71. The van der Waals surface area contributed by atoms with Crippen LogP contribution in [0.25, 0.3) is 0 Å². The van der Waals surface area contributed by atoms with Crippen molar-refractivity contribution in [2.24, 2.45) is 0 Å². The molecule has 0 aromatic heterocycles. The van der Waals surface area contributed by atoms with E-state index in [1.54, 1.807) is 19.1 Å². The van der Waals surface area contributed by atoms with Crippen LogP contribution in [0.2, 0.25) is 0 Å². The van der Waals surface area contributed by atoms with Crippen molar-refractivity contribution in [3.05, 3.63) is 29.8 Å². The van der Waals surface area contributed by atoms with Crippen molar-refractivity contribution in [2.75, 3.05) is 6.61 Å². The summed E-state index contributed by atoms with van der Waals surface area (Å²) in [5.74, 6) is -0.278. The largest absolute Gasteiger partial charge is 0.493 e. The molecule has 0 saturated heterocycles. The van der Waals surface area contributed by atoms with Gasteiger partial charge in [-0.25, -0.2) is 0 Å². The highest BCUT2D eigenvalue weighted by molar-refractivity contribution is 5.83. The zero-order valence-corrected chi connectivity index (χ0v) is 11.3. The van der Waals surface area contributed by atoms with Crippen LogP contribution in [0.5, 0.6) is 5.75 Å². The Morgan fingerprint density at radius 3 is 2.79 bits per heavy atom. The van der Waals surface area contributed by atoms with E-state index in [1.165, 1.54) is 0 Å². The average Bonchev–Trinajstić information content (AvgIpc) is 2.38. The topological polar surface area (TPSA) is 66.8 Å². The number of carboxylic acids is 1. The van der Waals surface area contributed by atoms with Gasteiger partial charge in [-0.3, -0.25) is 4.79 Å². The van der Waals surface area contributed by atoms with Crippen LogP contribution in [0.15, 0.2) is 24.3 Å². The molecule has 0 radical (unpaired) electrons.